The Kier molecular flexibility index (Phi) is 8.87. The third-order valence-corrected chi connectivity index (χ3v) is 12.7. The molecule has 4 atom stereocenters. The van der Waals surface area contributed by atoms with Gasteiger partial charge < -0.3 is 20.1 Å². The molecule has 2 aliphatic heterocycles. The number of H-pyrrole nitrogens is 1. The lowest BCUT2D eigenvalue weighted by Crippen LogP contribution is -2.36. The van der Waals surface area contributed by atoms with Crippen LogP contribution in [-0.2, 0) is 12.0 Å². The minimum absolute atomic E-state index is 0.188. The van der Waals surface area contributed by atoms with Crippen LogP contribution in [0, 0.1) is 23.1 Å². The maximum absolute atomic E-state index is 16.1. The normalized spacial score (nSPS) is 25.6. The molecule has 1 saturated heterocycles. The van der Waals surface area contributed by atoms with Gasteiger partial charge >= 0.3 is 0 Å². The summed E-state index contributed by atoms with van der Waals surface area (Å²) in [5, 5.41) is 3.38. The Hall–Kier alpha value is -4.06. The van der Waals surface area contributed by atoms with Crippen LogP contribution in [-0.4, -0.2) is 32.4 Å². The van der Waals surface area contributed by atoms with Gasteiger partial charge in [-0.3, -0.25) is 0 Å². The van der Waals surface area contributed by atoms with Crippen LogP contribution < -0.4 is 5.32 Å². The maximum Gasteiger partial charge on any atom is 0.204 e. The number of imidazole rings is 1. The number of benzene rings is 2. The summed E-state index contributed by atoms with van der Waals surface area (Å²) in [4.78, 5) is 11.9. The smallest absolute Gasteiger partial charge is 0.204 e. The molecule has 2 saturated carbocycles. The standard InChI is InChI=1S/C43H54FN5/c1-8-13-32(14-9-2)37-25-43(37)27-42(43,10-3)34-18-16-31(17-19-34)33-23-35-30(7)49(26-36(35)38(44)24-33)40(29(6)47-41-45-20-21-46-41)28(5)39-15-12-22-48(39)11-4/h11,16-21,23-24,32,37,40H,4,6-10,12-15,22,25-27H2,1-3,5H3,(H2,45,46,47)/b39-28+. The monoisotopic (exact) mass is 659 g/mol. The summed E-state index contributed by atoms with van der Waals surface area (Å²) in [6.45, 7) is 23.6. The molecule has 7 rings (SSSR count). The molecule has 3 fully saturated rings. The van der Waals surface area contributed by atoms with Crippen LogP contribution in [0.5, 0.6) is 0 Å². The van der Waals surface area contributed by atoms with Crippen molar-refractivity contribution in [1.29, 1.82) is 0 Å². The van der Waals surface area contributed by atoms with Crippen molar-refractivity contribution in [3.05, 3.63) is 114 Å². The number of nitrogens with zero attached hydrogens (tertiary/aromatic N) is 3. The van der Waals surface area contributed by atoms with Gasteiger partial charge in [-0.05, 0) is 96.9 Å². The van der Waals surface area contributed by atoms with E-state index in [2.05, 4.69) is 103 Å². The fourth-order valence-electron chi connectivity index (χ4n) is 10.1. The average molecular weight is 660 g/mol. The highest BCUT2D eigenvalue weighted by molar-refractivity contribution is 5.77. The van der Waals surface area contributed by atoms with Gasteiger partial charge in [0.15, 0.2) is 0 Å². The molecule has 2 aromatic carbocycles. The van der Waals surface area contributed by atoms with E-state index in [4.69, 9.17) is 0 Å². The summed E-state index contributed by atoms with van der Waals surface area (Å²) < 4.78 is 16.1. The van der Waals surface area contributed by atoms with E-state index in [9.17, 15) is 0 Å². The van der Waals surface area contributed by atoms with E-state index in [1.165, 1.54) is 56.2 Å². The van der Waals surface area contributed by atoms with Crippen molar-refractivity contribution in [3.8, 4) is 11.1 Å². The Morgan fingerprint density at radius 1 is 1.14 bits per heavy atom. The van der Waals surface area contributed by atoms with Crippen molar-refractivity contribution in [3.63, 3.8) is 0 Å². The fraction of sp³-hybridized carbons (Fsp3) is 0.465. The number of hydrogen-bond donors (Lipinski definition) is 2. The minimum atomic E-state index is -0.251. The molecule has 0 bridgehead atoms. The van der Waals surface area contributed by atoms with E-state index < -0.39 is 0 Å². The van der Waals surface area contributed by atoms with E-state index in [-0.39, 0.29) is 11.9 Å². The van der Waals surface area contributed by atoms with Gasteiger partial charge in [0.1, 0.15) is 5.82 Å². The molecule has 0 amide bonds. The van der Waals surface area contributed by atoms with Crippen LogP contribution in [0.4, 0.5) is 10.3 Å². The van der Waals surface area contributed by atoms with E-state index in [1.54, 1.807) is 18.5 Å². The molecule has 4 aliphatic rings. The summed E-state index contributed by atoms with van der Waals surface area (Å²) in [5.74, 6) is 2.20. The number of aromatic amines is 1. The van der Waals surface area contributed by atoms with Crippen LogP contribution in [0.25, 0.3) is 16.8 Å². The van der Waals surface area contributed by atoms with Gasteiger partial charge in [0.2, 0.25) is 5.95 Å². The number of likely N-dealkylation sites (tertiary alicyclic amines) is 1. The lowest BCUT2D eigenvalue weighted by Gasteiger charge is -2.35. The summed E-state index contributed by atoms with van der Waals surface area (Å²) in [6, 6.07) is 12.7. The second-order valence-electron chi connectivity index (χ2n) is 15.2. The molecule has 5 nitrogen and oxygen atoms in total. The molecule has 1 aromatic heterocycles. The lowest BCUT2D eigenvalue weighted by atomic mass is 9.84. The van der Waals surface area contributed by atoms with Gasteiger partial charge in [-0.1, -0.05) is 90.5 Å². The van der Waals surface area contributed by atoms with Gasteiger partial charge in [0.25, 0.3) is 0 Å². The second-order valence-corrected chi connectivity index (χ2v) is 15.2. The second kappa shape index (κ2) is 13.0. The highest BCUT2D eigenvalue weighted by Gasteiger charge is 2.79. The van der Waals surface area contributed by atoms with E-state index in [0.29, 0.717) is 28.9 Å². The van der Waals surface area contributed by atoms with Gasteiger partial charge in [0, 0.05) is 59.1 Å². The topological polar surface area (TPSA) is 47.2 Å². The Morgan fingerprint density at radius 2 is 1.90 bits per heavy atom. The molecule has 6 heteroatoms. The zero-order valence-corrected chi connectivity index (χ0v) is 30.0. The van der Waals surface area contributed by atoms with Gasteiger partial charge in [0.05, 0.1) is 6.04 Å². The third kappa shape index (κ3) is 5.56. The first kappa shape index (κ1) is 33.4. The number of nitrogens with one attached hydrogen (secondary N) is 2. The van der Waals surface area contributed by atoms with Gasteiger partial charge in [-0.2, -0.15) is 0 Å². The molecule has 4 unspecified atom stereocenters. The first-order chi connectivity index (χ1) is 23.7. The van der Waals surface area contributed by atoms with E-state index in [0.717, 1.165) is 64.9 Å². The number of allylic oxidation sites excluding steroid dienone is 1. The molecule has 3 aromatic rings. The zero-order valence-electron chi connectivity index (χ0n) is 30.0. The number of halogens is 1. The Bertz CT molecular complexity index is 1760. The van der Waals surface area contributed by atoms with E-state index in [1.807, 2.05) is 6.20 Å². The summed E-state index contributed by atoms with van der Waals surface area (Å²) in [5.41, 5.74) is 9.74. The molecule has 49 heavy (non-hydrogen) atoms. The molecular formula is C43H54FN5. The molecule has 258 valence electrons. The Morgan fingerprint density at radius 3 is 2.55 bits per heavy atom. The van der Waals surface area contributed by atoms with Crippen molar-refractivity contribution in [2.75, 3.05) is 11.9 Å². The molecule has 3 heterocycles. The Balaban J connectivity index is 1.15. The molecule has 0 radical (unpaired) electrons. The number of rotatable bonds is 14. The number of hydrogen-bond acceptors (Lipinski definition) is 4. The average Bonchev–Trinajstić information content (AvgIpc) is 3.63. The summed E-state index contributed by atoms with van der Waals surface area (Å²) in [7, 11) is 0. The largest absolute Gasteiger partial charge is 0.355 e. The Labute approximate surface area is 293 Å². The highest BCUT2D eigenvalue weighted by Crippen LogP contribution is 2.84. The van der Waals surface area contributed by atoms with Crippen LogP contribution in [0.2, 0.25) is 0 Å². The number of aromatic nitrogens is 2. The zero-order chi connectivity index (χ0) is 34.5. The first-order valence-corrected chi connectivity index (χ1v) is 18.6. The van der Waals surface area contributed by atoms with Crippen LogP contribution >= 0.6 is 0 Å². The van der Waals surface area contributed by atoms with Gasteiger partial charge in [-0.25, -0.2) is 9.37 Å². The molecule has 2 N–H and O–H groups in total. The minimum Gasteiger partial charge on any atom is -0.355 e. The van der Waals surface area contributed by atoms with Crippen LogP contribution in [0.1, 0.15) is 102 Å². The quantitative estimate of drug-likeness (QED) is 0.181. The predicted molar refractivity (Wildman–Crippen MR) is 201 cm³/mol. The number of anilines is 1. The lowest BCUT2D eigenvalue weighted by molar-refractivity contribution is 0.353. The predicted octanol–water partition coefficient (Wildman–Crippen LogP) is 10.8. The number of fused-ring (bicyclic) bond motifs is 1. The third-order valence-electron chi connectivity index (χ3n) is 12.7. The van der Waals surface area contributed by atoms with Crippen molar-refractivity contribution in [2.24, 2.45) is 17.3 Å². The van der Waals surface area contributed by atoms with Crippen LogP contribution in [0.3, 0.4) is 0 Å². The van der Waals surface area contributed by atoms with Crippen molar-refractivity contribution < 1.29 is 4.39 Å². The maximum atomic E-state index is 16.1. The SMILES string of the molecule is C=CN1CCC/C1=C(/C)C(C(=C)Nc1ncc[nH]1)N1Cc2c(F)cc(-c3ccc(C4(CC)CC45CC5C(CCC)CCC)cc3)cc2C1=C. The van der Waals surface area contributed by atoms with E-state index >= 15 is 4.39 Å². The highest BCUT2D eigenvalue weighted by atomic mass is 19.1. The van der Waals surface area contributed by atoms with Crippen molar-refractivity contribution in [2.45, 2.75) is 103 Å². The molecule has 2 aliphatic carbocycles. The first-order valence-electron chi connectivity index (χ1n) is 18.6. The van der Waals surface area contributed by atoms with Crippen molar-refractivity contribution in [1.82, 2.24) is 19.8 Å². The summed E-state index contributed by atoms with van der Waals surface area (Å²) >= 11 is 0. The van der Waals surface area contributed by atoms with Crippen molar-refractivity contribution >= 4 is 11.6 Å². The molecular weight excluding hydrogens is 606 g/mol. The van der Waals surface area contributed by atoms with Gasteiger partial charge in [-0.15, -0.1) is 0 Å². The molecule has 1 spiro atoms. The fourth-order valence-corrected chi connectivity index (χ4v) is 10.1. The summed E-state index contributed by atoms with van der Waals surface area (Å²) in [6.07, 6.45) is 16.7. The van der Waals surface area contributed by atoms with Crippen LogP contribution in [0.15, 0.2) is 91.7 Å².